The molecule has 38 heavy (non-hydrogen) atoms. The molecule has 5 rings (SSSR count). The van der Waals surface area contributed by atoms with Gasteiger partial charge in [-0.25, -0.2) is 0 Å². The standard InChI is InChI=1S/C16H26O2.C11H16.C6H11ClO2/c1-4-15(2,3)14(17)18-16-8-11-5-12(9-16)7-13(6-11)10-16;1-4-11(2,3)10-8-6-5-7-9-10;1-4-6(2,7)5(8)9-3/h11-13H,4-10H2,1-3H3;5-9H,4H2,1-3H3;4H2,1-3H3. The van der Waals surface area contributed by atoms with Gasteiger partial charge in [0.1, 0.15) is 10.5 Å². The average molecular weight is 549 g/mol. The smallest absolute Gasteiger partial charge is 0.326 e. The molecule has 0 spiro atoms. The van der Waals surface area contributed by atoms with Gasteiger partial charge in [-0.1, -0.05) is 65.0 Å². The van der Waals surface area contributed by atoms with Crippen LogP contribution in [0.3, 0.4) is 0 Å². The Morgan fingerprint density at radius 3 is 1.63 bits per heavy atom. The van der Waals surface area contributed by atoms with Crippen LogP contribution in [0.4, 0.5) is 0 Å². The van der Waals surface area contributed by atoms with Crippen LogP contribution in [0.1, 0.15) is 119 Å². The predicted octanol–water partition coefficient (Wildman–Crippen LogP) is 8.88. The fourth-order valence-corrected chi connectivity index (χ4v) is 6.16. The zero-order chi connectivity index (χ0) is 28.8. The second-order valence-corrected chi connectivity index (χ2v) is 14.2. The highest BCUT2D eigenvalue weighted by molar-refractivity contribution is 6.33. The lowest BCUT2D eigenvalue weighted by Crippen LogP contribution is -2.53. The SMILES string of the molecule is CCC(C)(C)C(=O)OC12CC3CC(CC(C3)C1)C2.CCC(C)(C)c1ccccc1.CCC(C)(Cl)C(=O)OC. The maximum atomic E-state index is 12.4. The quantitative estimate of drug-likeness (QED) is 0.252. The lowest BCUT2D eigenvalue weighted by molar-refractivity contribution is -0.196. The van der Waals surface area contributed by atoms with Crippen LogP contribution in [0.5, 0.6) is 0 Å². The van der Waals surface area contributed by atoms with Gasteiger partial charge < -0.3 is 9.47 Å². The van der Waals surface area contributed by atoms with E-state index < -0.39 is 4.87 Å². The Bertz CT molecular complexity index is 868. The number of carbonyl (C=O) groups is 2. The van der Waals surface area contributed by atoms with Gasteiger partial charge in [0.15, 0.2) is 0 Å². The van der Waals surface area contributed by atoms with Crippen molar-refractivity contribution in [1.82, 2.24) is 0 Å². The molecule has 5 heteroatoms. The van der Waals surface area contributed by atoms with Gasteiger partial charge in [-0.3, -0.25) is 9.59 Å². The second kappa shape index (κ2) is 13.2. The molecule has 216 valence electrons. The van der Waals surface area contributed by atoms with Gasteiger partial charge in [0.2, 0.25) is 0 Å². The van der Waals surface area contributed by atoms with Gasteiger partial charge in [0.05, 0.1) is 12.5 Å². The van der Waals surface area contributed by atoms with Crippen molar-refractivity contribution in [3.63, 3.8) is 0 Å². The van der Waals surface area contributed by atoms with E-state index in [0.717, 1.165) is 43.4 Å². The number of hydrogen-bond donors (Lipinski definition) is 0. The van der Waals surface area contributed by atoms with Crippen molar-refractivity contribution in [3.8, 4) is 0 Å². The topological polar surface area (TPSA) is 52.6 Å². The van der Waals surface area contributed by atoms with Gasteiger partial charge in [-0.05, 0) is 107 Å². The molecule has 4 bridgehead atoms. The molecule has 1 unspecified atom stereocenters. The molecule has 1 aromatic carbocycles. The molecule has 4 saturated carbocycles. The van der Waals surface area contributed by atoms with Gasteiger partial charge in [0, 0.05) is 0 Å². The number of esters is 2. The molecule has 1 aromatic rings. The lowest BCUT2D eigenvalue weighted by Gasteiger charge is -2.56. The largest absolute Gasteiger partial charge is 0.468 e. The third-order valence-electron chi connectivity index (χ3n) is 9.44. The van der Waals surface area contributed by atoms with E-state index in [9.17, 15) is 9.59 Å². The van der Waals surface area contributed by atoms with E-state index in [0.29, 0.717) is 11.8 Å². The fourth-order valence-electron chi connectivity index (χ4n) is 6.09. The van der Waals surface area contributed by atoms with Crippen LogP contribution in [0.15, 0.2) is 30.3 Å². The van der Waals surface area contributed by atoms with Crippen LogP contribution in [-0.4, -0.2) is 29.5 Å². The van der Waals surface area contributed by atoms with E-state index in [4.69, 9.17) is 16.3 Å². The first-order chi connectivity index (χ1) is 17.6. The maximum absolute atomic E-state index is 12.4. The molecule has 4 fully saturated rings. The van der Waals surface area contributed by atoms with Crippen molar-refractivity contribution in [2.75, 3.05) is 7.11 Å². The van der Waals surface area contributed by atoms with Crippen molar-refractivity contribution >= 4 is 23.5 Å². The van der Waals surface area contributed by atoms with E-state index in [1.807, 2.05) is 20.8 Å². The monoisotopic (exact) mass is 548 g/mol. The predicted molar refractivity (Wildman–Crippen MR) is 157 cm³/mol. The van der Waals surface area contributed by atoms with Gasteiger partial charge in [0.25, 0.3) is 0 Å². The lowest BCUT2D eigenvalue weighted by atomic mass is 9.54. The van der Waals surface area contributed by atoms with E-state index in [-0.39, 0.29) is 23.0 Å². The minimum atomic E-state index is -0.839. The molecule has 4 aliphatic carbocycles. The highest BCUT2D eigenvalue weighted by Crippen LogP contribution is 2.57. The molecule has 4 nitrogen and oxygen atoms in total. The first-order valence-corrected chi connectivity index (χ1v) is 15.1. The molecule has 0 amide bonds. The number of hydrogen-bond acceptors (Lipinski definition) is 4. The van der Waals surface area contributed by atoms with Crippen molar-refractivity contribution in [2.45, 2.75) is 129 Å². The minimum Gasteiger partial charge on any atom is -0.468 e. The summed E-state index contributed by atoms with van der Waals surface area (Å²) in [6, 6.07) is 10.7. The summed E-state index contributed by atoms with van der Waals surface area (Å²) in [4.78, 5) is 22.2. The second-order valence-electron chi connectivity index (χ2n) is 13.4. The summed E-state index contributed by atoms with van der Waals surface area (Å²) >= 11 is 5.70. The number of ether oxygens (including phenoxy) is 2. The van der Waals surface area contributed by atoms with Gasteiger partial charge >= 0.3 is 11.9 Å². The zero-order valence-corrected chi connectivity index (χ0v) is 26.2. The number of benzene rings is 1. The molecule has 0 aliphatic heterocycles. The number of alkyl halides is 1. The molecule has 0 heterocycles. The number of halogens is 1. The Morgan fingerprint density at radius 1 is 0.816 bits per heavy atom. The van der Waals surface area contributed by atoms with Gasteiger partial charge in [-0.2, -0.15) is 0 Å². The first kappa shape index (κ1) is 32.7. The molecule has 0 saturated heterocycles. The van der Waals surface area contributed by atoms with E-state index >= 15 is 0 Å². The summed E-state index contributed by atoms with van der Waals surface area (Å²) in [7, 11) is 1.33. The minimum absolute atomic E-state index is 0.0342. The summed E-state index contributed by atoms with van der Waals surface area (Å²) in [6.45, 7) is 16.4. The molecular weight excluding hydrogens is 496 g/mol. The third kappa shape index (κ3) is 8.47. The van der Waals surface area contributed by atoms with Crippen molar-refractivity contribution in [2.24, 2.45) is 23.2 Å². The summed E-state index contributed by atoms with van der Waals surface area (Å²) < 4.78 is 10.5. The van der Waals surface area contributed by atoms with Crippen molar-refractivity contribution in [3.05, 3.63) is 35.9 Å². The van der Waals surface area contributed by atoms with Crippen LogP contribution in [0.2, 0.25) is 0 Å². The van der Waals surface area contributed by atoms with Crippen LogP contribution in [-0.2, 0) is 24.5 Å². The first-order valence-electron chi connectivity index (χ1n) is 14.7. The molecule has 4 aliphatic rings. The van der Waals surface area contributed by atoms with Gasteiger partial charge in [-0.15, -0.1) is 11.6 Å². The highest BCUT2D eigenvalue weighted by atomic mass is 35.5. The number of carbonyl (C=O) groups excluding carboxylic acids is 2. The normalized spacial score (nSPS) is 27.2. The average Bonchev–Trinajstić information content (AvgIpc) is 2.88. The molecule has 1 atom stereocenters. The Morgan fingerprint density at radius 2 is 1.29 bits per heavy atom. The summed E-state index contributed by atoms with van der Waals surface area (Å²) in [5, 5.41) is 0. The fraction of sp³-hybridized carbons (Fsp3) is 0.758. The Labute approximate surface area is 237 Å². The Kier molecular flexibility index (Phi) is 11.3. The highest BCUT2D eigenvalue weighted by Gasteiger charge is 2.54. The number of rotatable bonds is 7. The van der Waals surface area contributed by atoms with E-state index in [2.05, 4.69) is 62.8 Å². The van der Waals surface area contributed by atoms with E-state index in [1.165, 1.54) is 38.4 Å². The summed E-state index contributed by atoms with van der Waals surface area (Å²) in [6.07, 6.45) is 10.3. The van der Waals surface area contributed by atoms with Crippen molar-refractivity contribution in [1.29, 1.82) is 0 Å². The van der Waals surface area contributed by atoms with Crippen LogP contribution in [0, 0.1) is 23.2 Å². The molecule has 0 N–H and O–H groups in total. The van der Waals surface area contributed by atoms with Crippen LogP contribution >= 0.6 is 11.6 Å². The maximum Gasteiger partial charge on any atom is 0.326 e. The summed E-state index contributed by atoms with van der Waals surface area (Å²) in [5.41, 5.74) is 1.38. The zero-order valence-electron chi connectivity index (χ0n) is 25.5. The van der Waals surface area contributed by atoms with E-state index in [1.54, 1.807) is 6.92 Å². The van der Waals surface area contributed by atoms with Crippen LogP contribution < -0.4 is 0 Å². The third-order valence-corrected chi connectivity index (χ3v) is 9.86. The Balaban J connectivity index is 0.000000219. The van der Waals surface area contributed by atoms with Crippen LogP contribution in [0.25, 0.3) is 0 Å². The molecule has 0 aromatic heterocycles. The summed E-state index contributed by atoms with van der Waals surface area (Å²) in [5.74, 6) is 2.19. The molecular formula is C33H53ClO4. The molecule has 0 radical (unpaired) electrons. The number of methoxy groups -OCH3 is 1. The Hall–Kier alpha value is -1.55. The van der Waals surface area contributed by atoms with Crippen molar-refractivity contribution < 1.29 is 19.1 Å².